The average Bonchev–Trinajstić information content (AvgIpc) is 2.73. The molecule has 0 saturated carbocycles. The smallest absolute Gasteiger partial charge is 0.255 e. The van der Waals surface area contributed by atoms with Gasteiger partial charge in [0.2, 0.25) is 11.8 Å². The van der Waals surface area contributed by atoms with Crippen molar-refractivity contribution < 1.29 is 19.5 Å². The molecule has 4 rings (SSSR count). The summed E-state index contributed by atoms with van der Waals surface area (Å²) in [5.41, 5.74) is 1.22. The van der Waals surface area contributed by atoms with E-state index in [2.05, 4.69) is 5.32 Å². The largest absolute Gasteiger partial charge is 0.508 e. The van der Waals surface area contributed by atoms with Gasteiger partial charge in [-0.05, 0) is 29.8 Å². The van der Waals surface area contributed by atoms with Gasteiger partial charge in [0.1, 0.15) is 17.8 Å². The quantitative estimate of drug-likeness (QED) is 0.796. The first kappa shape index (κ1) is 19.3. The predicted octanol–water partition coefficient (Wildman–Crippen LogP) is 1.44. The van der Waals surface area contributed by atoms with E-state index < -0.39 is 12.1 Å². The summed E-state index contributed by atoms with van der Waals surface area (Å²) in [6.07, 6.45) is 0.344. The Bertz CT molecular complexity index is 963. The molecular formula is C21H20ClN3O4. The van der Waals surface area contributed by atoms with Crippen LogP contribution < -0.4 is 5.32 Å². The molecular weight excluding hydrogens is 394 g/mol. The highest BCUT2D eigenvalue weighted by atomic mass is 35.5. The number of carbonyl (C=O) groups excluding carboxylic acids is 3. The molecule has 29 heavy (non-hydrogen) atoms. The van der Waals surface area contributed by atoms with Crippen molar-refractivity contribution in [1.82, 2.24) is 15.1 Å². The lowest BCUT2D eigenvalue weighted by molar-refractivity contribution is -0.152. The number of carbonyl (C=O) groups is 3. The molecule has 2 atom stereocenters. The minimum absolute atomic E-state index is 0.132. The van der Waals surface area contributed by atoms with E-state index in [4.69, 9.17) is 11.6 Å². The highest BCUT2D eigenvalue weighted by Crippen LogP contribution is 2.22. The van der Waals surface area contributed by atoms with Gasteiger partial charge in [0, 0.05) is 19.5 Å². The lowest BCUT2D eigenvalue weighted by Gasteiger charge is -2.45. The van der Waals surface area contributed by atoms with Gasteiger partial charge in [0.05, 0.1) is 17.1 Å². The highest BCUT2D eigenvalue weighted by molar-refractivity contribution is 6.33. The van der Waals surface area contributed by atoms with Crippen LogP contribution in [-0.2, 0) is 16.0 Å². The molecule has 2 aromatic carbocycles. The molecule has 2 aliphatic heterocycles. The molecule has 0 radical (unpaired) electrons. The summed E-state index contributed by atoms with van der Waals surface area (Å²) in [6, 6.07) is 12.0. The Hall–Kier alpha value is -3.06. The number of phenolic OH excluding ortho intramolecular Hbond substituents is 1. The van der Waals surface area contributed by atoms with Gasteiger partial charge < -0.3 is 20.2 Å². The number of phenols is 1. The molecule has 2 N–H and O–H groups in total. The third-order valence-electron chi connectivity index (χ3n) is 5.35. The molecule has 2 fully saturated rings. The summed E-state index contributed by atoms with van der Waals surface area (Å²) in [5, 5.41) is 12.5. The van der Waals surface area contributed by atoms with Crippen LogP contribution in [0.2, 0.25) is 5.02 Å². The van der Waals surface area contributed by atoms with E-state index in [1.165, 1.54) is 0 Å². The molecule has 0 bridgehead atoms. The molecule has 2 heterocycles. The maximum atomic E-state index is 12.9. The third-order valence-corrected chi connectivity index (χ3v) is 5.68. The van der Waals surface area contributed by atoms with Crippen molar-refractivity contribution in [3.8, 4) is 5.75 Å². The Morgan fingerprint density at radius 1 is 1.10 bits per heavy atom. The van der Waals surface area contributed by atoms with Crippen LogP contribution in [0.4, 0.5) is 0 Å². The van der Waals surface area contributed by atoms with Gasteiger partial charge >= 0.3 is 0 Å². The van der Waals surface area contributed by atoms with E-state index >= 15 is 0 Å². The second kappa shape index (κ2) is 7.75. The number of fused-ring (bicyclic) bond motifs is 1. The van der Waals surface area contributed by atoms with Gasteiger partial charge in [-0.3, -0.25) is 14.4 Å². The Morgan fingerprint density at radius 3 is 2.55 bits per heavy atom. The number of halogens is 1. The zero-order valence-electron chi connectivity index (χ0n) is 15.5. The number of nitrogens with zero attached hydrogens (tertiary/aromatic N) is 2. The van der Waals surface area contributed by atoms with Gasteiger partial charge in [-0.25, -0.2) is 0 Å². The number of hydrogen-bond donors (Lipinski definition) is 2. The summed E-state index contributed by atoms with van der Waals surface area (Å²) in [5.74, 6) is -0.536. The molecule has 2 aromatic rings. The highest BCUT2D eigenvalue weighted by Gasteiger charge is 2.44. The zero-order chi connectivity index (χ0) is 20.5. The number of amides is 3. The number of piperazine rings is 2. The molecule has 2 aliphatic rings. The van der Waals surface area contributed by atoms with Crippen LogP contribution >= 0.6 is 11.6 Å². The summed E-state index contributed by atoms with van der Waals surface area (Å²) in [7, 11) is 0. The number of benzene rings is 2. The molecule has 0 aliphatic carbocycles. The van der Waals surface area contributed by atoms with Gasteiger partial charge in [-0.15, -0.1) is 0 Å². The van der Waals surface area contributed by atoms with Crippen molar-refractivity contribution in [1.29, 1.82) is 0 Å². The minimum Gasteiger partial charge on any atom is -0.508 e. The van der Waals surface area contributed by atoms with Crippen LogP contribution in [0.15, 0.2) is 48.5 Å². The second-order valence-corrected chi connectivity index (χ2v) is 7.62. The molecule has 7 nitrogen and oxygen atoms in total. The normalized spacial score (nSPS) is 21.6. The van der Waals surface area contributed by atoms with Gasteiger partial charge in [-0.1, -0.05) is 35.9 Å². The summed E-state index contributed by atoms with van der Waals surface area (Å²) in [4.78, 5) is 41.5. The summed E-state index contributed by atoms with van der Waals surface area (Å²) < 4.78 is 0. The molecule has 0 aromatic heterocycles. The SMILES string of the molecule is O=C1N[C@H](Cc2ccc(O)cc2)C(=O)N2CCN(C(=O)c3ccccc3Cl)C[C@H]12. The third kappa shape index (κ3) is 3.78. The van der Waals surface area contributed by atoms with Crippen molar-refractivity contribution in [3.63, 3.8) is 0 Å². The molecule has 150 valence electrons. The number of nitrogens with one attached hydrogen (secondary N) is 1. The van der Waals surface area contributed by atoms with Crippen LogP contribution in [0.5, 0.6) is 5.75 Å². The first-order valence-corrected chi connectivity index (χ1v) is 9.74. The molecule has 8 heteroatoms. The van der Waals surface area contributed by atoms with Crippen LogP contribution in [0.1, 0.15) is 15.9 Å². The van der Waals surface area contributed by atoms with E-state index in [1.807, 2.05) is 0 Å². The van der Waals surface area contributed by atoms with Crippen molar-refractivity contribution >= 4 is 29.3 Å². The van der Waals surface area contributed by atoms with E-state index in [-0.39, 0.29) is 30.0 Å². The van der Waals surface area contributed by atoms with Gasteiger partial charge in [0.25, 0.3) is 5.91 Å². The zero-order valence-corrected chi connectivity index (χ0v) is 16.3. The van der Waals surface area contributed by atoms with Crippen LogP contribution in [0, 0.1) is 0 Å². The number of aromatic hydroxyl groups is 1. The first-order chi connectivity index (χ1) is 13.9. The van der Waals surface area contributed by atoms with Gasteiger partial charge in [0.15, 0.2) is 0 Å². The van der Waals surface area contributed by atoms with Crippen LogP contribution in [0.3, 0.4) is 0 Å². The fourth-order valence-electron chi connectivity index (χ4n) is 3.80. The molecule has 3 amide bonds. The molecule has 2 saturated heterocycles. The maximum Gasteiger partial charge on any atom is 0.255 e. The van der Waals surface area contributed by atoms with E-state index in [0.29, 0.717) is 30.1 Å². The Morgan fingerprint density at radius 2 is 1.83 bits per heavy atom. The first-order valence-electron chi connectivity index (χ1n) is 9.36. The summed E-state index contributed by atoms with van der Waals surface area (Å²) in [6.45, 7) is 0.762. The van der Waals surface area contributed by atoms with Crippen LogP contribution in [0.25, 0.3) is 0 Å². The lowest BCUT2D eigenvalue weighted by atomic mass is 9.98. The topological polar surface area (TPSA) is 89.9 Å². The van der Waals surface area contributed by atoms with Crippen molar-refractivity contribution in [2.75, 3.05) is 19.6 Å². The summed E-state index contributed by atoms with van der Waals surface area (Å²) >= 11 is 6.13. The lowest BCUT2D eigenvalue weighted by Crippen LogP contribution is -2.70. The number of rotatable bonds is 3. The monoisotopic (exact) mass is 413 g/mol. The van der Waals surface area contributed by atoms with Crippen molar-refractivity contribution in [3.05, 3.63) is 64.7 Å². The standard InChI is InChI=1S/C21H20ClN3O4/c22-16-4-2-1-3-15(16)20(28)24-9-10-25-18(12-24)19(27)23-17(21(25)29)11-13-5-7-14(26)8-6-13/h1-8,17-18,26H,9-12H2,(H,23,27)/t17-,18-/m1/s1. The van der Waals surface area contributed by atoms with Crippen LogP contribution in [-0.4, -0.2) is 64.3 Å². The van der Waals surface area contributed by atoms with E-state index in [9.17, 15) is 19.5 Å². The van der Waals surface area contributed by atoms with E-state index in [1.54, 1.807) is 58.3 Å². The fraction of sp³-hybridized carbons (Fsp3) is 0.286. The van der Waals surface area contributed by atoms with Crippen molar-refractivity contribution in [2.45, 2.75) is 18.5 Å². The maximum absolute atomic E-state index is 12.9. The van der Waals surface area contributed by atoms with Gasteiger partial charge in [-0.2, -0.15) is 0 Å². The Labute approximate surface area is 172 Å². The second-order valence-electron chi connectivity index (χ2n) is 7.21. The van der Waals surface area contributed by atoms with Crippen molar-refractivity contribution in [2.24, 2.45) is 0 Å². The minimum atomic E-state index is -0.709. The Balaban J connectivity index is 1.46. The predicted molar refractivity (Wildman–Crippen MR) is 107 cm³/mol. The number of hydrogen-bond acceptors (Lipinski definition) is 4. The molecule has 0 spiro atoms. The average molecular weight is 414 g/mol. The Kier molecular flexibility index (Phi) is 5.15. The van der Waals surface area contributed by atoms with E-state index in [0.717, 1.165) is 5.56 Å². The fourth-order valence-corrected chi connectivity index (χ4v) is 4.01. The molecule has 0 unspecified atom stereocenters.